The molecule has 0 aliphatic carbocycles. The molecule has 2 aromatic heterocycles. The molecular weight excluding hydrogens is 378 g/mol. The van der Waals surface area contributed by atoms with Gasteiger partial charge in [-0.3, -0.25) is 9.69 Å². The van der Waals surface area contributed by atoms with E-state index in [1.165, 1.54) is 5.56 Å². The number of rotatable bonds is 5. The summed E-state index contributed by atoms with van der Waals surface area (Å²) in [5.74, 6) is 0.472. The number of fused-ring (bicyclic) bond motifs is 1. The van der Waals surface area contributed by atoms with Crippen molar-refractivity contribution in [3.63, 3.8) is 0 Å². The van der Waals surface area contributed by atoms with E-state index in [0.29, 0.717) is 12.4 Å². The number of benzene rings is 1. The minimum absolute atomic E-state index is 0.00149. The second-order valence-electron chi connectivity index (χ2n) is 8.15. The van der Waals surface area contributed by atoms with Gasteiger partial charge in [0.25, 0.3) is 5.91 Å². The third-order valence-electron chi connectivity index (χ3n) is 5.70. The zero-order chi connectivity index (χ0) is 21.3. The molecule has 0 radical (unpaired) electrons. The number of hydrogen-bond acceptors (Lipinski definition) is 5. The number of aryl methyl sites for hydroxylation is 3. The predicted molar refractivity (Wildman–Crippen MR) is 116 cm³/mol. The molecule has 3 heterocycles. The minimum Gasteiger partial charge on any atom is -0.466 e. The summed E-state index contributed by atoms with van der Waals surface area (Å²) in [5, 5.41) is 5.31. The number of carbonyl (C=O) groups excluding carboxylic acids is 1. The van der Waals surface area contributed by atoms with Gasteiger partial charge in [0.1, 0.15) is 0 Å². The molecule has 0 spiro atoms. The zero-order valence-corrected chi connectivity index (χ0v) is 18.1. The Hall–Kier alpha value is -2.93. The molecule has 0 N–H and O–H groups in total. The summed E-state index contributed by atoms with van der Waals surface area (Å²) in [5.41, 5.74) is 4.07. The molecule has 0 bridgehead atoms. The van der Waals surface area contributed by atoms with Crippen molar-refractivity contribution in [2.75, 3.05) is 26.2 Å². The van der Waals surface area contributed by atoms with Crippen molar-refractivity contribution in [3.8, 4) is 5.88 Å². The smallest absolute Gasteiger partial charge is 0.260 e. The molecule has 0 saturated carbocycles. The van der Waals surface area contributed by atoms with E-state index >= 15 is 0 Å². The SMILES string of the molecule is Cc1cc(C)c2c(OCC(=O)N3CCN(Cc4ccccc4)C[C@H]3C)nn(C)c2n1. The van der Waals surface area contributed by atoms with E-state index in [1.807, 2.05) is 37.9 Å². The fourth-order valence-electron chi connectivity index (χ4n) is 4.25. The number of amides is 1. The van der Waals surface area contributed by atoms with Crippen LogP contribution in [0.15, 0.2) is 36.4 Å². The van der Waals surface area contributed by atoms with Crippen molar-refractivity contribution in [1.82, 2.24) is 24.6 Å². The quantitative estimate of drug-likeness (QED) is 0.651. The summed E-state index contributed by atoms with van der Waals surface area (Å²) in [4.78, 5) is 21.7. The maximum atomic E-state index is 12.9. The lowest BCUT2D eigenvalue weighted by Gasteiger charge is -2.39. The van der Waals surface area contributed by atoms with E-state index in [0.717, 1.165) is 41.9 Å². The van der Waals surface area contributed by atoms with Crippen LogP contribution in [0.5, 0.6) is 5.88 Å². The number of ether oxygens (including phenoxy) is 1. The maximum Gasteiger partial charge on any atom is 0.260 e. The molecule has 1 aromatic carbocycles. The summed E-state index contributed by atoms with van der Waals surface area (Å²) >= 11 is 0. The van der Waals surface area contributed by atoms with Gasteiger partial charge in [0.05, 0.1) is 5.39 Å². The molecule has 158 valence electrons. The van der Waals surface area contributed by atoms with Crippen LogP contribution in [0.4, 0.5) is 0 Å². The van der Waals surface area contributed by atoms with Gasteiger partial charge in [-0.15, -0.1) is 5.10 Å². The van der Waals surface area contributed by atoms with Crippen molar-refractivity contribution >= 4 is 16.9 Å². The molecule has 1 fully saturated rings. The van der Waals surface area contributed by atoms with Crippen molar-refractivity contribution in [2.24, 2.45) is 7.05 Å². The highest BCUT2D eigenvalue weighted by atomic mass is 16.5. The molecule has 1 aliphatic heterocycles. The van der Waals surface area contributed by atoms with Crippen LogP contribution in [0.1, 0.15) is 23.7 Å². The Morgan fingerprint density at radius 3 is 2.70 bits per heavy atom. The Kier molecular flexibility index (Phi) is 5.72. The van der Waals surface area contributed by atoms with Gasteiger partial charge >= 0.3 is 0 Å². The number of carbonyl (C=O) groups is 1. The first-order chi connectivity index (χ1) is 14.4. The standard InChI is InChI=1S/C23H29N5O2/c1-16-12-17(2)24-22-21(16)23(25-26(22)4)30-15-20(29)28-11-10-27(13-18(28)3)14-19-8-6-5-7-9-19/h5-9,12,18H,10-11,13-15H2,1-4H3/t18-/m1/s1. The molecule has 1 atom stereocenters. The van der Waals surface area contributed by atoms with Crippen LogP contribution in [-0.4, -0.2) is 62.8 Å². The second-order valence-corrected chi connectivity index (χ2v) is 8.15. The van der Waals surface area contributed by atoms with E-state index in [-0.39, 0.29) is 18.6 Å². The van der Waals surface area contributed by atoms with Crippen LogP contribution >= 0.6 is 0 Å². The molecule has 4 rings (SSSR count). The molecule has 1 aliphatic rings. The van der Waals surface area contributed by atoms with Crippen LogP contribution in [0.2, 0.25) is 0 Å². The first-order valence-corrected chi connectivity index (χ1v) is 10.4. The van der Waals surface area contributed by atoms with E-state index in [1.54, 1.807) is 4.68 Å². The summed E-state index contributed by atoms with van der Waals surface area (Å²) in [6, 6.07) is 12.6. The van der Waals surface area contributed by atoms with Crippen LogP contribution in [-0.2, 0) is 18.4 Å². The van der Waals surface area contributed by atoms with Crippen molar-refractivity contribution in [1.29, 1.82) is 0 Å². The molecule has 1 amide bonds. The van der Waals surface area contributed by atoms with Crippen LogP contribution < -0.4 is 4.74 Å². The molecule has 1 saturated heterocycles. The summed E-state index contributed by atoms with van der Waals surface area (Å²) in [6.45, 7) is 9.40. The first-order valence-electron chi connectivity index (χ1n) is 10.4. The molecule has 30 heavy (non-hydrogen) atoms. The normalized spacial score (nSPS) is 17.5. The highest BCUT2D eigenvalue weighted by Crippen LogP contribution is 2.27. The van der Waals surface area contributed by atoms with Gasteiger partial charge in [-0.1, -0.05) is 30.3 Å². The van der Waals surface area contributed by atoms with Gasteiger partial charge in [0.15, 0.2) is 12.3 Å². The van der Waals surface area contributed by atoms with Crippen LogP contribution in [0.25, 0.3) is 11.0 Å². The van der Waals surface area contributed by atoms with Crippen molar-refractivity contribution in [3.05, 3.63) is 53.2 Å². The maximum absolute atomic E-state index is 12.9. The van der Waals surface area contributed by atoms with Crippen LogP contribution in [0.3, 0.4) is 0 Å². The van der Waals surface area contributed by atoms with E-state index in [9.17, 15) is 4.79 Å². The Balaban J connectivity index is 1.38. The number of hydrogen-bond donors (Lipinski definition) is 0. The third-order valence-corrected chi connectivity index (χ3v) is 5.70. The summed E-state index contributed by atoms with van der Waals surface area (Å²) in [6.07, 6.45) is 0. The largest absolute Gasteiger partial charge is 0.466 e. The number of nitrogens with zero attached hydrogens (tertiary/aromatic N) is 5. The number of aromatic nitrogens is 3. The molecule has 7 heteroatoms. The topological polar surface area (TPSA) is 63.5 Å². The zero-order valence-electron chi connectivity index (χ0n) is 18.1. The molecule has 7 nitrogen and oxygen atoms in total. The van der Waals surface area contributed by atoms with E-state index in [2.05, 4.69) is 46.2 Å². The monoisotopic (exact) mass is 407 g/mol. The second kappa shape index (κ2) is 8.44. The minimum atomic E-state index is -0.0115. The Bertz CT molecular complexity index is 1050. The fraction of sp³-hybridized carbons (Fsp3) is 0.435. The Morgan fingerprint density at radius 2 is 1.97 bits per heavy atom. The Morgan fingerprint density at radius 1 is 1.20 bits per heavy atom. The van der Waals surface area contributed by atoms with Crippen molar-refractivity contribution < 1.29 is 9.53 Å². The predicted octanol–water partition coefficient (Wildman–Crippen LogP) is 2.70. The van der Waals surface area contributed by atoms with Gasteiger partial charge in [-0.25, -0.2) is 9.67 Å². The first kappa shape index (κ1) is 20.3. The third kappa shape index (κ3) is 4.16. The van der Waals surface area contributed by atoms with E-state index < -0.39 is 0 Å². The lowest BCUT2D eigenvalue weighted by atomic mass is 10.1. The van der Waals surface area contributed by atoms with Gasteiger partial charge in [-0.05, 0) is 38.0 Å². The highest BCUT2D eigenvalue weighted by molar-refractivity contribution is 5.85. The number of pyridine rings is 1. The van der Waals surface area contributed by atoms with Crippen LogP contribution in [0, 0.1) is 13.8 Å². The average molecular weight is 408 g/mol. The summed E-state index contributed by atoms with van der Waals surface area (Å²) < 4.78 is 7.58. The molecule has 0 unspecified atom stereocenters. The molecule has 3 aromatic rings. The summed E-state index contributed by atoms with van der Waals surface area (Å²) in [7, 11) is 1.84. The van der Waals surface area contributed by atoms with Gasteiger partial charge in [-0.2, -0.15) is 0 Å². The lowest BCUT2D eigenvalue weighted by molar-refractivity contribution is -0.138. The number of piperazine rings is 1. The highest BCUT2D eigenvalue weighted by Gasteiger charge is 2.28. The van der Waals surface area contributed by atoms with Gasteiger partial charge in [0, 0.05) is 45.0 Å². The van der Waals surface area contributed by atoms with Crippen molar-refractivity contribution in [2.45, 2.75) is 33.4 Å². The Labute approximate surface area is 177 Å². The van der Waals surface area contributed by atoms with Gasteiger partial charge in [0.2, 0.25) is 5.88 Å². The van der Waals surface area contributed by atoms with E-state index in [4.69, 9.17) is 4.74 Å². The lowest BCUT2D eigenvalue weighted by Crippen LogP contribution is -2.54. The van der Waals surface area contributed by atoms with Gasteiger partial charge < -0.3 is 9.64 Å². The average Bonchev–Trinajstić information content (AvgIpc) is 3.03. The molecular formula is C23H29N5O2. The fourth-order valence-corrected chi connectivity index (χ4v) is 4.25.